The fraction of sp³-hybridized carbons (Fsp3) is 0.188. The molecule has 0 amide bonds. The van der Waals surface area contributed by atoms with E-state index >= 15 is 0 Å². The van der Waals surface area contributed by atoms with Crippen LogP contribution in [0.15, 0.2) is 51.8 Å². The molecular formula is C16H16BrNO5S. The van der Waals surface area contributed by atoms with Gasteiger partial charge in [-0.1, -0.05) is 17.7 Å². The standard InChI is InChI=1S/C16H16BrNO5S/c1-11-2-4-12(5-3-11)22-8-9-23-16(19)14-10-13(24(18,20)21)6-7-15(14)17/h2-7,10H,8-9H2,1H3,(H2,18,20,21). The average molecular weight is 414 g/mol. The number of hydrogen-bond acceptors (Lipinski definition) is 5. The Morgan fingerprint density at radius 3 is 2.42 bits per heavy atom. The first-order valence-corrected chi connectivity index (χ1v) is 9.30. The smallest absolute Gasteiger partial charge is 0.339 e. The number of esters is 1. The molecule has 8 heteroatoms. The second-order valence-corrected chi connectivity index (χ2v) is 7.40. The van der Waals surface area contributed by atoms with E-state index < -0.39 is 16.0 Å². The van der Waals surface area contributed by atoms with Crippen molar-refractivity contribution in [1.29, 1.82) is 0 Å². The molecule has 0 saturated carbocycles. The van der Waals surface area contributed by atoms with Crippen LogP contribution in [0.1, 0.15) is 15.9 Å². The highest BCUT2D eigenvalue weighted by Gasteiger charge is 2.16. The number of carbonyl (C=O) groups excluding carboxylic acids is 1. The third-order valence-corrected chi connectivity index (χ3v) is 4.69. The zero-order valence-electron chi connectivity index (χ0n) is 12.9. The highest BCUT2D eigenvalue weighted by molar-refractivity contribution is 9.10. The van der Waals surface area contributed by atoms with Crippen LogP contribution in [0.25, 0.3) is 0 Å². The normalized spacial score (nSPS) is 11.1. The molecule has 0 spiro atoms. The largest absolute Gasteiger partial charge is 0.490 e. The Hall–Kier alpha value is -1.90. The summed E-state index contributed by atoms with van der Waals surface area (Å²) in [6, 6.07) is 11.4. The van der Waals surface area contributed by atoms with Gasteiger partial charge in [0.15, 0.2) is 0 Å². The van der Waals surface area contributed by atoms with E-state index in [1.165, 1.54) is 18.2 Å². The maximum atomic E-state index is 12.1. The lowest BCUT2D eigenvalue weighted by Crippen LogP contribution is -2.15. The van der Waals surface area contributed by atoms with Crippen LogP contribution in [0.2, 0.25) is 0 Å². The molecule has 0 unspecified atom stereocenters. The molecule has 0 aliphatic heterocycles. The van der Waals surface area contributed by atoms with E-state index in [1.807, 2.05) is 31.2 Å². The van der Waals surface area contributed by atoms with Crippen molar-refractivity contribution < 1.29 is 22.7 Å². The number of sulfonamides is 1. The van der Waals surface area contributed by atoms with Gasteiger partial charge in [0.1, 0.15) is 19.0 Å². The fourth-order valence-electron chi connectivity index (χ4n) is 1.84. The quantitative estimate of drug-likeness (QED) is 0.579. The second kappa shape index (κ2) is 7.78. The van der Waals surface area contributed by atoms with Crippen LogP contribution in [0, 0.1) is 6.92 Å². The van der Waals surface area contributed by atoms with E-state index in [2.05, 4.69) is 15.9 Å². The molecule has 24 heavy (non-hydrogen) atoms. The van der Waals surface area contributed by atoms with E-state index in [4.69, 9.17) is 14.6 Å². The zero-order valence-corrected chi connectivity index (χ0v) is 15.3. The molecular weight excluding hydrogens is 398 g/mol. The summed E-state index contributed by atoms with van der Waals surface area (Å²) in [6.45, 7) is 2.18. The van der Waals surface area contributed by atoms with Crippen LogP contribution < -0.4 is 9.88 Å². The molecule has 2 N–H and O–H groups in total. The van der Waals surface area contributed by atoms with Gasteiger partial charge in [-0.3, -0.25) is 0 Å². The Kier molecular flexibility index (Phi) is 5.98. The molecule has 0 saturated heterocycles. The topological polar surface area (TPSA) is 95.7 Å². The molecule has 0 aromatic heterocycles. The van der Waals surface area contributed by atoms with Crippen molar-refractivity contribution in [2.75, 3.05) is 13.2 Å². The number of benzene rings is 2. The highest BCUT2D eigenvalue weighted by Crippen LogP contribution is 2.21. The molecule has 0 fully saturated rings. The van der Waals surface area contributed by atoms with Crippen LogP contribution in [0.5, 0.6) is 5.75 Å². The van der Waals surface area contributed by atoms with Crippen molar-refractivity contribution in [2.45, 2.75) is 11.8 Å². The fourth-order valence-corrected chi connectivity index (χ4v) is 2.79. The summed E-state index contributed by atoms with van der Waals surface area (Å²) < 4.78 is 33.7. The van der Waals surface area contributed by atoms with Gasteiger partial charge in [-0.2, -0.15) is 0 Å². The third kappa shape index (κ3) is 5.05. The molecule has 2 aromatic carbocycles. The average Bonchev–Trinajstić information content (AvgIpc) is 2.52. The van der Waals surface area contributed by atoms with Gasteiger partial charge in [-0.25, -0.2) is 18.4 Å². The Morgan fingerprint density at radius 1 is 1.12 bits per heavy atom. The van der Waals surface area contributed by atoms with Crippen molar-refractivity contribution in [1.82, 2.24) is 0 Å². The first-order valence-electron chi connectivity index (χ1n) is 6.96. The number of primary sulfonamides is 1. The van der Waals surface area contributed by atoms with Crippen LogP contribution in [-0.4, -0.2) is 27.6 Å². The SMILES string of the molecule is Cc1ccc(OCCOC(=O)c2cc(S(N)(=O)=O)ccc2Br)cc1. The minimum absolute atomic E-state index is 0.0265. The number of ether oxygens (including phenoxy) is 2. The van der Waals surface area contributed by atoms with Crippen molar-refractivity contribution in [3.05, 3.63) is 58.1 Å². The van der Waals surface area contributed by atoms with Gasteiger partial charge in [0, 0.05) is 4.47 Å². The van der Waals surface area contributed by atoms with Crippen LogP contribution in [0.4, 0.5) is 0 Å². The van der Waals surface area contributed by atoms with Crippen molar-refractivity contribution in [2.24, 2.45) is 5.14 Å². The molecule has 2 rings (SSSR count). The number of aryl methyl sites for hydroxylation is 1. The Morgan fingerprint density at radius 2 is 1.79 bits per heavy atom. The Labute approximate surface area is 148 Å². The van der Waals surface area contributed by atoms with E-state index in [9.17, 15) is 13.2 Å². The van der Waals surface area contributed by atoms with Gasteiger partial charge in [0.2, 0.25) is 10.0 Å². The summed E-state index contributed by atoms with van der Waals surface area (Å²) in [5.74, 6) is 0.00827. The van der Waals surface area contributed by atoms with Gasteiger partial charge in [-0.15, -0.1) is 0 Å². The van der Waals surface area contributed by atoms with Gasteiger partial charge < -0.3 is 9.47 Å². The molecule has 0 heterocycles. The predicted molar refractivity (Wildman–Crippen MR) is 92.5 cm³/mol. The van der Waals surface area contributed by atoms with Gasteiger partial charge in [-0.05, 0) is 53.2 Å². The maximum absolute atomic E-state index is 12.1. The lowest BCUT2D eigenvalue weighted by molar-refractivity contribution is 0.0449. The summed E-state index contributed by atoms with van der Waals surface area (Å²) in [4.78, 5) is 11.9. The summed E-state index contributed by atoms with van der Waals surface area (Å²) in [5.41, 5.74) is 1.20. The number of halogens is 1. The summed E-state index contributed by atoms with van der Waals surface area (Å²) in [6.07, 6.45) is 0. The van der Waals surface area contributed by atoms with E-state index in [0.29, 0.717) is 10.2 Å². The first-order chi connectivity index (χ1) is 11.3. The molecule has 2 aromatic rings. The predicted octanol–water partition coefficient (Wildman–Crippen LogP) is 2.64. The molecule has 0 radical (unpaired) electrons. The second-order valence-electron chi connectivity index (χ2n) is 4.98. The first kappa shape index (κ1) is 18.4. The maximum Gasteiger partial charge on any atom is 0.339 e. The molecule has 128 valence electrons. The van der Waals surface area contributed by atoms with Crippen LogP contribution in [0.3, 0.4) is 0 Å². The minimum atomic E-state index is -3.89. The van der Waals surface area contributed by atoms with Crippen LogP contribution in [-0.2, 0) is 14.8 Å². The molecule has 0 aliphatic rings. The highest BCUT2D eigenvalue weighted by atomic mass is 79.9. The Bertz CT molecular complexity index is 834. The van der Waals surface area contributed by atoms with Crippen molar-refractivity contribution in [3.63, 3.8) is 0 Å². The summed E-state index contributed by atoms with van der Waals surface area (Å²) in [5, 5.41) is 5.06. The molecule has 0 atom stereocenters. The molecule has 6 nitrogen and oxygen atoms in total. The van der Waals surface area contributed by atoms with E-state index in [0.717, 1.165) is 5.56 Å². The minimum Gasteiger partial charge on any atom is -0.490 e. The number of rotatable bonds is 6. The third-order valence-electron chi connectivity index (χ3n) is 3.09. The number of nitrogens with two attached hydrogens (primary N) is 1. The lowest BCUT2D eigenvalue weighted by atomic mass is 10.2. The van der Waals surface area contributed by atoms with E-state index in [1.54, 1.807) is 0 Å². The van der Waals surface area contributed by atoms with Gasteiger partial charge in [0.05, 0.1) is 10.5 Å². The number of carbonyl (C=O) groups is 1. The zero-order chi connectivity index (χ0) is 17.7. The summed E-state index contributed by atoms with van der Waals surface area (Å²) >= 11 is 3.18. The summed E-state index contributed by atoms with van der Waals surface area (Å²) in [7, 11) is -3.89. The number of hydrogen-bond donors (Lipinski definition) is 1. The lowest BCUT2D eigenvalue weighted by Gasteiger charge is -2.09. The van der Waals surface area contributed by atoms with Crippen molar-refractivity contribution in [3.8, 4) is 5.75 Å². The molecule has 0 bridgehead atoms. The van der Waals surface area contributed by atoms with E-state index in [-0.39, 0.29) is 23.7 Å². The molecule has 0 aliphatic carbocycles. The van der Waals surface area contributed by atoms with Crippen molar-refractivity contribution >= 4 is 31.9 Å². The Balaban J connectivity index is 1.94. The van der Waals surface area contributed by atoms with Gasteiger partial charge >= 0.3 is 5.97 Å². The monoisotopic (exact) mass is 413 g/mol. The van der Waals surface area contributed by atoms with Crippen LogP contribution >= 0.6 is 15.9 Å². The van der Waals surface area contributed by atoms with Gasteiger partial charge in [0.25, 0.3) is 0 Å².